The van der Waals surface area contributed by atoms with E-state index in [0.717, 1.165) is 5.56 Å². The van der Waals surface area contributed by atoms with Crippen molar-refractivity contribution in [1.82, 2.24) is 14.7 Å². The van der Waals surface area contributed by atoms with E-state index in [1.807, 2.05) is 12.1 Å². The quantitative estimate of drug-likeness (QED) is 0.339. The van der Waals surface area contributed by atoms with E-state index in [-0.39, 0.29) is 25.0 Å². The predicted octanol–water partition coefficient (Wildman–Crippen LogP) is 3.17. The van der Waals surface area contributed by atoms with Crippen molar-refractivity contribution in [3.63, 3.8) is 0 Å². The van der Waals surface area contributed by atoms with E-state index in [4.69, 9.17) is 20.9 Å². The third-order valence-electron chi connectivity index (χ3n) is 4.27. The molecule has 31 heavy (non-hydrogen) atoms. The molecule has 0 saturated carbocycles. The summed E-state index contributed by atoms with van der Waals surface area (Å²) in [4.78, 5) is 20.1. The van der Waals surface area contributed by atoms with Gasteiger partial charge in [0.25, 0.3) is 5.91 Å². The number of para-hydroxylation sites is 1. The molecule has 1 aromatic heterocycles. The molecule has 0 aliphatic carbocycles. The van der Waals surface area contributed by atoms with Crippen LogP contribution in [-0.2, 0) is 22.6 Å². The number of halogens is 1. The van der Waals surface area contributed by atoms with Gasteiger partial charge in [0.2, 0.25) is 17.2 Å². The second kappa shape index (κ2) is 9.27. The number of amides is 1. The van der Waals surface area contributed by atoms with E-state index < -0.39 is 11.3 Å². The van der Waals surface area contributed by atoms with E-state index in [9.17, 15) is 9.00 Å². The SMILES string of the molecule is O=C1COc2ccc(Nc3ncc(Cl)c(Nc4ccccc4CNS(=O)O)n3)cc2N1. The summed E-state index contributed by atoms with van der Waals surface area (Å²) in [6.45, 7) is 0.156. The first-order valence-corrected chi connectivity index (χ1v) is 10.5. The summed E-state index contributed by atoms with van der Waals surface area (Å²) in [7, 11) is 0. The molecule has 0 saturated heterocycles. The van der Waals surface area contributed by atoms with Crippen LogP contribution in [0.2, 0.25) is 5.02 Å². The zero-order valence-electron chi connectivity index (χ0n) is 15.9. The lowest BCUT2D eigenvalue weighted by atomic mass is 10.2. The van der Waals surface area contributed by atoms with Crippen molar-refractivity contribution in [2.45, 2.75) is 6.54 Å². The van der Waals surface area contributed by atoms with Crippen molar-refractivity contribution in [2.24, 2.45) is 0 Å². The van der Waals surface area contributed by atoms with Crippen LogP contribution in [0, 0.1) is 0 Å². The van der Waals surface area contributed by atoms with E-state index >= 15 is 0 Å². The van der Waals surface area contributed by atoms with Gasteiger partial charge in [-0.2, -0.15) is 4.98 Å². The largest absolute Gasteiger partial charge is 0.482 e. The Labute approximate surface area is 184 Å². The third kappa shape index (κ3) is 5.27. The van der Waals surface area contributed by atoms with Crippen LogP contribution < -0.4 is 25.4 Å². The molecule has 0 fully saturated rings. The number of nitrogens with one attached hydrogen (secondary N) is 4. The van der Waals surface area contributed by atoms with Crippen molar-refractivity contribution in [1.29, 1.82) is 0 Å². The van der Waals surface area contributed by atoms with E-state index in [0.29, 0.717) is 33.7 Å². The molecular formula is C19H17ClN6O4S. The highest BCUT2D eigenvalue weighted by atomic mass is 35.5. The van der Waals surface area contributed by atoms with Crippen LogP contribution in [0.5, 0.6) is 5.75 Å². The fourth-order valence-corrected chi connectivity index (χ4v) is 3.29. The highest BCUT2D eigenvalue weighted by molar-refractivity contribution is 7.77. The van der Waals surface area contributed by atoms with E-state index in [1.54, 1.807) is 30.3 Å². The number of aromatic nitrogens is 2. The van der Waals surface area contributed by atoms with Gasteiger partial charge < -0.3 is 20.7 Å². The molecule has 3 aromatic rings. The number of anilines is 5. The highest BCUT2D eigenvalue weighted by Crippen LogP contribution is 2.32. The van der Waals surface area contributed by atoms with Gasteiger partial charge in [-0.05, 0) is 29.8 Å². The van der Waals surface area contributed by atoms with Crippen LogP contribution in [0.3, 0.4) is 0 Å². The molecule has 1 atom stereocenters. The third-order valence-corrected chi connectivity index (χ3v) is 4.94. The maximum atomic E-state index is 11.5. The molecule has 0 spiro atoms. The second-order valence-electron chi connectivity index (χ2n) is 6.42. The normalized spacial score (nSPS) is 13.5. The summed E-state index contributed by atoms with van der Waals surface area (Å²) in [5.41, 5.74) is 2.62. The Bertz CT molecular complexity index is 1160. The van der Waals surface area contributed by atoms with Gasteiger partial charge in [-0.15, -0.1) is 0 Å². The molecule has 5 N–H and O–H groups in total. The smallest absolute Gasteiger partial charge is 0.262 e. The number of benzene rings is 2. The second-order valence-corrected chi connectivity index (χ2v) is 7.61. The number of rotatable bonds is 7. The number of nitrogens with zero attached hydrogens (tertiary/aromatic N) is 2. The summed E-state index contributed by atoms with van der Waals surface area (Å²) in [6, 6.07) is 12.5. The summed E-state index contributed by atoms with van der Waals surface area (Å²) in [5, 5.41) is 9.23. The average Bonchev–Trinajstić information content (AvgIpc) is 2.75. The molecule has 4 rings (SSSR count). The fourth-order valence-electron chi connectivity index (χ4n) is 2.87. The summed E-state index contributed by atoms with van der Waals surface area (Å²) in [5.74, 6) is 0.990. The molecule has 2 heterocycles. The standard InChI is InChI=1S/C19H17ClN6O4S/c20-13-9-21-19(23-12-5-6-16-15(7-12)24-17(27)10-30-16)26-18(13)25-14-4-2-1-3-11(14)8-22-31(28)29/h1-7,9,22H,8,10H2,(H,24,27)(H,28,29)(H2,21,23,25,26). The average molecular weight is 461 g/mol. The molecule has 1 aliphatic rings. The van der Waals surface area contributed by atoms with Gasteiger partial charge >= 0.3 is 0 Å². The molecular weight excluding hydrogens is 444 g/mol. The summed E-state index contributed by atoms with van der Waals surface area (Å²) >= 11 is 4.13. The highest BCUT2D eigenvalue weighted by Gasteiger charge is 2.16. The number of fused-ring (bicyclic) bond motifs is 1. The molecule has 0 bridgehead atoms. The van der Waals surface area contributed by atoms with Crippen molar-refractivity contribution < 1.29 is 18.3 Å². The monoisotopic (exact) mass is 460 g/mol. The number of hydrogen-bond donors (Lipinski definition) is 5. The van der Waals surface area contributed by atoms with Crippen LogP contribution in [-0.4, -0.2) is 31.2 Å². The van der Waals surface area contributed by atoms with Gasteiger partial charge in [0.15, 0.2) is 12.4 Å². The Morgan fingerprint density at radius 3 is 2.90 bits per heavy atom. The van der Waals surface area contributed by atoms with Crippen molar-refractivity contribution >= 4 is 57.6 Å². The van der Waals surface area contributed by atoms with Crippen molar-refractivity contribution in [3.8, 4) is 5.75 Å². The first kappa shape index (κ1) is 21.0. The minimum atomic E-state index is -2.13. The van der Waals surface area contributed by atoms with Crippen molar-refractivity contribution in [2.75, 3.05) is 22.6 Å². The first-order chi connectivity index (χ1) is 15.0. The van der Waals surface area contributed by atoms with Gasteiger partial charge in [0, 0.05) is 17.9 Å². The Kier molecular flexibility index (Phi) is 6.28. The summed E-state index contributed by atoms with van der Waals surface area (Å²) < 4.78 is 27.7. The molecule has 1 amide bonds. The Hall–Kier alpha value is -3.25. The lowest BCUT2D eigenvalue weighted by Crippen LogP contribution is -2.25. The lowest BCUT2D eigenvalue weighted by Gasteiger charge is -2.18. The Morgan fingerprint density at radius 1 is 1.23 bits per heavy atom. The molecule has 10 nitrogen and oxygen atoms in total. The maximum Gasteiger partial charge on any atom is 0.262 e. The van der Waals surface area contributed by atoms with Gasteiger partial charge in [-0.1, -0.05) is 29.8 Å². The minimum Gasteiger partial charge on any atom is -0.482 e. The number of carbonyl (C=O) groups excluding carboxylic acids is 1. The topological polar surface area (TPSA) is 138 Å². The van der Waals surface area contributed by atoms with E-state index in [1.165, 1.54) is 6.20 Å². The van der Waals surface area contributed by atoms with Crippen LogP contribution in [0.15, 0.2) is 48.7 Å². The molecule has 12 heteroatoms. The zero-order chi connectivity index (χ0) is 21.8. The first-order valence-electron chi connectivity index (χ1n) is 9.03. The maximum absolute atomic E-state index is 11.5. The van der Waals surface area contributed by atoms with Crippen molar-refractivity contribution in [3.05, 3.63) is 59.2 Å². The van der Waals surface area contributed by atoms with Crippen LogP contribution in [0.1, 0.15) is 5.56 Å². The van der Waals surface area contributed by atoms with Gasteiger partial charge in [-0.3, -0.25) is 9.35 Å². The lowest BCUT2D eigenvalue weighted by molar-refractivity contribution is -0.118. The van der Waals surface area contributed by atoms with Crippen LogP contribution >= 0.6 is 11.6 Å². The molecule has 0 radical (unpaired) electrons. The molecule has 160 valence electrons. The Morgan fingerprint density at radius 2 is 2.06 bits per heavy atom. The number of carbonyl (C=O) groups is 1. The zero-order valence-corrected chi connectivity index (χ0v) is 17.5. The van der Waals surface area contributed by atoms with Gasteiger partial charge in [-0.25, -0.2) is 13.9 Å². The van der Waals surface area contributed by atoms with Gasteiger partial charge in [0.1, 0.15) is 10.8 Å². The summed E-state index contributed by atoms with van der Waals surface area (Å²) in [6.07, 6.45) is 1.45. The van der Waals surface area contributed by atoms with Crippen LogP contribution in [0.25, 0.3) is 0 Å². The van der Waals surface area contributed by atoms with E-state index in [2.05, 4.69) is 30.6 Å². The molecule has 1 aliphatic heterocycles. The number of hydrogen-bond acceptors (Lipinski definition) is 7. The van der Waals surface area contributed by atoms with Crippen LogP contribution in [0.4, 0.5) is 28.8 Å². The molecule has 1 unspecified atom stereocenters. The predicted molar refractivity (Wildman–Crippen MR) is 118 cm³/mol. The fraction of sp³-hybridized carbons (Fsp3) is 0.105. The Balaban J connectivity index is 1.54. The number of ether oxygens (including phenoxy) is 1. The van der Waals surface area contributed by atoms with Gasteiger partial charge in [0.05, 0.1) is 11.9 Å². The minimum absolute atomic E-state index is 0.0136. The molecule has 2 aromatic carbocycles.